The van der Waals surface area contributed by atoms with Crippen molar-refractivity contribution in [2.24, 2.45) is 0 Å². The van der Waals surface area contributed by atoms with Crippen LogP contribution in [0, 0.1) is 0 Å². The SMILES string of the molecule is CC(NC(=O)Cc1ccc(NC(=O)OCC2c3ccccc3-c3ccccc32)cc1)C(=O)O. The molecule has 3 aromatic carbocycles. The fraction of sp³-hybridized carbons (Fsp3) is 0.192. The van der Waals surface area contributed by atoms with E-state index in [0.29, 0.717) is 11.3 Å². The molecule has 3 N–H and O–H groups in total. The predicted octanol–water partition coefficient (Wildman–Crippen LogP) is 4.18. The van der Waals surface area contributed by atoms with Crippen LogP contribution in [0.2, 0.25) is 0 Å². The van der Waals surface area contributed by atoms with Crippen molar-refractivity contribution in [3.8, 4) is 11.1 Å². The molecule has 1 unspecified atom stereocenters. The van der Waals surface area contributed by atoms with E-state index in [9.17, 15) is 14.4 Å². The van der Waals surface area contributed by atoms with Crippen molar-refractivity contribution in [1.82, 2.24) is 5.32 Å². The lowest BCUT2D eigenvalue weighted by molar-refractivity contribution is -0.141. The third kappa shape index (κ3) is 5.03. The van der Waals surface area contributed by atoms with E-state index in [-0.39, 0.29) is 24.9 Å². The molecule has 0 bridgehead atoms. The summed E-state index contributed by atoms with van der Waals surface area (Å²) in [5, 5.41) is 14.0. The third-order valence-electron chi connectivity index (χ3n) is 5.66. The van der Waals surface area contributed by atoms with Gasteiger partial charge in [-0.05, 0) is 46.9 Å². The topological polar surface area (TPSA) is 105 Å². The number of carboxylic acid groups (broad SMARTS) is 1. The van der Waals surface area contributed by atoms with Gasteiger partial charge < -0.3 is 15.2 Å². The lowest BCUT2D eigenvalue weighted by Gasteiger charge is -2.14. The number of fused-ring (bicyclic) bond motifs is 3. The molecule has 0 spiro atoms. The molecule has 0 aliphatic heterocycles. The molecule has 0 radical (unpaired) electrons. The zero-order valence-electron chi connectivity index (χ0n) is 18.1. The van der Waals surface area contributed by atoms with Crippen molar-refractivity contribution in [3.05, 3.63) is 89.5 Å². The number of ether oxygens (including phenoxy) is 1. The molecule has 1 atom stereocenters. The minimum Gasteiger partial charge on any atom is -0.480 e. The summed E-state index contributed by atoms with van der Waals surface area (Å²) in [6.07, 6.45) is -0.513. The van der Waals surface area contributed by atoms with E-state index >= 15 is 0 Å². The molecule has 33 heavy (non-hydrogen) atoms. The Hall–Kier alpha value is -4.13. The molecule has 4 rings (SSSR count). The highest BCUT2D eigenvalue weighted by atomic mass is 16.5. The Labute approximate surface area is 191 Å². The van der Waals surface area contributed by atoms with Gasteiger partial charge in [-0.15, -0.1) is 0 Å². The molecule has 0 fully saturated rings. The smallest absolute Gasteiger partial charge is 0.411 e. The number of benzene rings is 3. The first-order valence-electron chi connectivity index (χ1n) is 10.7. The van der Waals surface area contributed by atoms with Crippen LogP contribution in [0.4, 0.5) is 10.5 Å². The predicted molar refractivity (Wildman–Crippen MR) is 124 cm³/mol. The molecule has 1 aliphatic rings. The van der Waals surface area contributed by atoms with Gasteiger partial charge in [-0.2, -0.15) is 0 Å². The summed E-state index contributed by atoms with van der Waals surface area (Å²) in [5.74, 6) is -1.50. The lowest BCUT2D eigenvalue weighted by atomic mass is 9.98. The molecule has 3 aromatic rings. The van der Waals surface area contributed by atoms with Gasteiger partial charge in [0.1, 0.15) is 12.6 Å². The van der Waals surface area contributed by atoms with Crippen molar-refractivity contribution in [2.45, 2.75) is 25.3 Å². The van der Waals surface area contributed by atoms with Crippen LogP contribution >= 0.6 is 0 Å². The van der Waals surface area contributed by atoms with E-state index in [1.165, 1.54) is 18.1 Å². The van der Waals surface area contributed by atoms with E-state index in [2.05, 4.69) is 34.9 Å². The summed E-state index contributed by atoms with van der Waals surface area (Å²) in [6, 6.07) is 22.1. The summed E-state index contributed by atoms with van der Waals surface area (Å²) >= 11 is 0. The van der Waals surface area contributed by atoms with Gasteiger partial charge in [-0.3, -0.25) is 14.9 Å². The Morgan fingerprint density at radius 1 is 0.909 bits per heavy atom. The molecule has 0 saturated carbocycles. The maximum atomic E-state index is 12.4. The van der Waals surface area contributed by atoms with E-state index in [1.54, 1.807) is 24.3 Å². The zero-order valence-corrected chi connectivity index (χ0v) is 18.1. The number of aliphatic carboxylic acids is 1. The summed E-state index contributed by atoms with van der Waals surface area (Å²) in [7, 11) is 0. The fourth-order valence-corrected chi connectivity index (χ4v) is 4.00. The van der Waals surface area contributed by atoms with Crippen LogP contribution in [-0.2, 0) is 20.7 Å². The monoisotopic (exact) mass is 444 g/mol. The first-order chi connectivity index (χ1) is 15.9. The molecule has 0 saturated heterocycles. The number of hydrogen-bond donors (Lipinski definition) is 3. The molecule has 0 aromatic heterocycles. The van der Waals surface area contributed by atoms with Gasteiger partial charge in [0.15, 0.2) is 0 Å². The highest BCUT2D eigenvalue weighted by Crippen LogP contribution is 2.44. The molecule has 1 aliphatic carbocycles. The van der Waals surface area contributed by atoms with Crippen molar-refractivity contribution in [2.75, 3.05) is 11.9 Å². The van der Waals surface area contributed by atoms with Gasteiger partial charge in [-0.1, -0.05) is 60.7 Å². The first kappa shape index (κ1) is 22.1. The highest BCUT2D eigenvalue weighted by molar-refractivity contribution is 5.86. The van der Waals surface area contributed by atoms with Crippen molar-refractivity contribution in [3.63, 3.8) is 0 Å². The Morgan fingerprint density at radius 3 is 2.06 bits per heavy atom. The number of nitrogens with one attached hydrogen (secondary N) is 2. The quantitative estimate of drug-likeness (QED) is 0.507. The number of carbonyl (C=O) groups is 3. The van der Waals surface area contributed by atoms with Crippen LogP contribution in [-0.4, -0.2) is 35.7 Å². The molecular formula is C26H24N2O5. The van der Waals surface area contributed by atoms with Crippen LogP contribution < -0.4 is 10.6 Å². The molecule has 0 heterocycles. The molecule has 168 valence electrons. The number of hydrogen-bond acceptors (Lipinski definition) is 4. The number of rotatable bonds is 7. The molecule has 2 amide bonds. The zero-order chi connectivity index (χ0) is 23.4. The number of amides is 2. The average Bonchev–Trinajstić information content (AvgIpc) is 3.12. The van der Waals surface area contributed by atoms with Crippen molar-refractivity contribution >= 4 is 23.7 Å². The van der Waals surface area contributed by atoms with E-state index in [1.807, 2.05) is 24.3 Å². The summed E-state index contributed by atoms with van der Waals surface area (Å²) in [5.41, 5.74) is 5.86. The maximum Gasteiger partial charge on any atom is 0.411 e. The Bertz CT molecular complexity index is 1140. The molecular weight excluding hydrogens is 420 g/mol. The van der Waals surface area contributed by atoms with E-state index in [4.69, 9.17) is 9.84 Å². The van der Waals surface area contributed by atoms with Crippen molar-refractivity contribution < 1.29 is 24.2 Å². The van der Waals surface area contributed by atoms with Gasteiger partial charge in [0.05, 0.1) is 6.42 Å². The maximum absolute atomic E-state index is 12.4. The molecule has 7 nitrogen and oxygen atoms in total. The van der Waals surface area contributed by atoms with Crippen LogP contribution in [0.5, 0.6) is 0 Å². The number of anilines is 1. The third-order valence-corrected chi connectivity index (χ3v) is 5.66. The van der Waals surface area contributed by atoms with Crippen LogP contribution in [0.15, 0.2) is 72.8 Å². The van der Waals surface area contributed by atoms with E-state index in [0.717, 1.165) is 11.1 Å². The highest BCUT2D eigenvalue weighted by Gasteiger charge is 2.29. The lowest BCUT2D eigenvalue weighted by Crippen LogP contribution is -2.39. The summed E-state index contributed by atoms with van der Waals surface area (Å²) in [4.78, 5) is 35.1. The van der Waals surface area contributed by atoms with Crippen LogP contribution in [0.3, 0.4) is 0 Å². The minimum absolute atomic E-state index is 0.0165. The van der Waals surface area contributed by atoms with Crippen molar-refractivity contribution in [1.29, 1.82) is 0 Å². The van der Waals surface area contributed by atoms with Gasteiger partial charge in [-0.25, -0.2) is 4.79 Å². The van der Waals surface area contributed by atoms with Gasteiger partial charge >= 0.3 is 12.1 Å². The van der Waals surface area contributed by atoms with Gasteiger partial charge in [0.25, 0.3) is 0 Å². The van der Waals surface area contributed by atoms with Crippen LogP contribution in [0.25, 0.3) is 11.1 Å². The van der Waals surface area contributed by atoms with E-state index < -0.39 is 18.1 Å². The van der Waals surface area contributed by atoms with Gasteiger partial charge in [0.2, 0.25) is 5.91 Å². The second-order valence-corrected chi connectivity index (χ2v) is 7.95. The first-order valence-corrected chi connectivity index (χ1v) is 10.7. The van der Waals surface area contributed by atoms with Gasteiger partial charge in [0, 0.05) is 11.6 Å². The molecule has 7 heteroatoms. The summed E-state index contributed by atoms with van der Waals surface area (Å²) < 4.78 is 5.53. The standard InChI is InChI=1S/C26H24N2O5/c1-16(25(30)31)27-24(29)14-17-10-12-18(13-11-17)28-26(32)33-15-23-21-8-4-2-6-19(21)20-7-3-5-9-22(20)23/h2-13,16,23H,14-15H2,1H3,(H,27,29)(H,28,32)(H,30,31). The Balaban J connectivity index is 1.33. The second kappa shape index (κ2) is 9.56. The van der Waals surface area contributed by atoms with Crippen LogP contribution in [0.1, 0.15) is 29.5 Å². The Kier molecular flexibility index (Phi) is 6.40. The summed E-state index contributed by atoms with van der Waals surface area (Å²) in [6.45, 7) is 1.63. The minimum atomic E-state index is -1.09. The Morgan fingerprint density at radius 2 is 1.48 bits per heavy atom. The number of carboxylic acids is 1. The average molecular weight is 444 g/mol. The number of carbonyl (C=O) groups excluding carboxylic acids is 2. The fourth-order valence-electron chi connectivity index (χ4n) is 4.00. The second-order valence-electron chi connectivity index (χ2n) is 7.95. The largest absolute Gasteiger partial charge is 0.480 e. The normalized spacial score (nSPS) is 12.9.